The van der Waals surface area contributed by atoms with E-state index in [0.29, 0.717) is 24.5 Å². The van der Waals surface area contributed by atoms with Gasteiger partial charge in [0.15, 0.2) is 5.69 Å². The summed E-state index contributed by atoms with van der Waals surface area (Å²) in [4.78, 5) is 13.7. The molecule has 0 amide bonds. The van der Waals surface area contributed by atoms with Crippen LogP contribution in [0.15, 0.2) is 24.3 Å². The van der Waals surface area contributed by atoms with E-state index in [0.717, 1.165) is 12.7 Å². The third kappa shape index (κ3) is 3.30. The van der Waals surface area contributed by atoms with Gasteiger partial charge in [-0.25, -0.2) is 9.48 Å². The van der Waals surface area contributed by atoms with Crippen molar-refractivity contribution in [1.82, 2.24) is 9.78 Å². The van der Waals surface area contributed by atoms with Gasteiger partial charge < -0.3 is 9.64 Å². The standard InChI is InChI=1S/C16H15ClF3N3O2/c1-25-15(24)12-13(16(18,19)20)21-23-8-4-7-22(14(12)23)9-10-5-2-3-6-11(10)17/h2-3,5-6H,4,7-9H2,1H3. The van der Waals surface area contributed by atoms with Crippen molar-refractivity contribution in [3.63, 3.8) is 0 Å². The molecule has 2 aromatic rings. The van der Waals surface area contributed by atoms with Gasteiger partial charge in [0.25, 0.3) is 0 Å². The summed E-state index contributed by atoms with van der Waals surface area (Å²) in [7, 11) is 1.05. The van der Waals surface area contributed by atoms with Gasteiger partial charge in [-0.3, -0.25) is 0 Å². The number of aromatic nitrogens is 2. The van der Waals surface area contributed by atoms with Crippen molar-refractivity contribution in [2.24, 2.45) is 0 Å². The fraction of sp³-hybridized carbons (Fsp3) is 0.375. The summed E-state index contributed by atoms with van der Waals surface area (Å²) in [5, 5.41) is 4.13. The highest BCUT2D eigenvalue weighted by Crippen LogP contribution is 2.38. The first-order valence-corrected chi connectivity index (χ1v) is 7.95. The number of ether oxygens (including phenoxy) is 1. The van der Waals surface area contributed by atoms with Crippen LogP contribution >= 0.6 is 11.6 Å². The molecule has 3 rings (SSSR count). The van der Waals surface area contributed by atoms with Crippen LogP contribution in [0.4, 0.5) is 19.0 Å². The van der Waals surface area contributed by atoms with Crippen LogP contribution in [0.3, 0.4) is 0 Å². The lowest BCUT2D eigenvalue weighted by atomic mass is 10.1. The number of hydrogen-bond acceptors (Lipinski definition) is 4. The number of alkyl halides is 3. The monoisotopic (exact) mass is 373 g/mol. The molecule has 0 saturated heterocycles. The maximum atomic E-state index is 13.3. The first-order valence-electron chi connectivity index (χ1n) is 7.57. The van der Waals surface area contributed by atoms with E-state index in [1.54, 1.807) is 29.2 Å². The molecular formula is C16H15ClF3N3O2. The first kappa shape index (κ1) is 17.6. The van der Waals surface area contributed by atoms with Gasteiger partial charge in [0.1, 0.15) is 11.4 Å². The lowest BCUT2D eigenvalue weighted by Gasteiger charge is -2.30. The molecular weight excluding hydrogens is 359 g/mol. The van der Waals surface area contributed by atoms with Crippen molar-refractivity contribution in [2.75, 3.05) is 18.6 Å². The average Bonchev–Trinajstić information content (AvgIpc) is 2.97. The number of benzene rings is 1. The second-order valence-corrected chi connectivity index (χ2v) is 6.03. The molecule has 5 nitrogen and oxygen atoms in total. The van der Waals surface area contributed by atoms with Crippen LogP contribution in [0.5, 0.6) is 0 Å². The highest BCUT2D eigenvalue weighted by Gasteiger charge is 2.43. The molecule has 0 bridgehead atoms. The van der Waals surface area contributed by atoms with E-state index in [4.69, 9.17) is 11.6 Å². The summed E-state index contributed by atoms with van der Waals surface area (Å²) < 4.78 is 45.8. The molecule has 0 N–H and O–H groups in total. The van der Waals surface area contributed by atoms with Gasteiger partial charge in [-0.2, -0.15) is 18.3 Å². The Labute approximate surface area is 146 Å². The quantitative estimate of drug-likeness (QED) is 0.769. The number of carbonyl (C=O) groups excluding carboxylic acids is 1. The minimum Gasteiger partial charge on any atom is -0.465 e. The summed E-state index contributed by atoms with van der Waals surface area (Å²) in [6.07, 6.45) is -4.14. The summed E-state index contributed by atoms with van der Waals surface area (Å²) >= 11 is 6.16. The molecule has 134 valence electrons. The second-order valence-electron chi connectivity index (χ2n) is 5.63. The smallest absolute Gasteiger partial charge is 0.436 e. The molecule has 1 aromatic heterocycles. The van der Waals surface area contributed by atoms with E-state index in [2.05, 4.69) is 9.84 Å². The van der Waals surface area contributed by atoms with E-state index in [1.165, 1.54) is 4.68 Å². The van der Waals surface area contributed by atoms with Crippen molar-refractivity contribution in [3.05, 3.63) is 46.1 Å². The minimum absolute atomic E-state index is 0.116. The van der Waals surface area contributed by atoms with Crippen molar-refractivity contribution in [3.8, 4) is 0 Å². The van der Waals surface area contributed by atoms with Gasteiger partial charge in [-0.05, 0) is 18.1 Å². The number of methoxy groups -OCH3 is 1. The number of fused-ring (bicyclic) bond motifs is 1. The molecule has 0 spiro atoms. The van der Waals surface area contributed by atoms with E-state index < -0.39 is 23.4 Å². The number of esters is 1. The molecule has 0 radical (unpaired) electrons. The Morgan fingerprint density at radius 1 is 1.32 bits per heavy atom. The topological polar surface area (TPSA) is 47.4 Å². The van der Waals surface area contributed by atoms with Crippen LogP contribution in [0.1, 0.15) is 28.0 Å². The van der Waals surface area contributed by atoms with Crippen molar-refractivity contribution >= 4 is 23.4 Å². The summed E-state index contributed by atoms with van der Waals surface area (Å²) in [5.41, 5.74) is -1.02. The molecule has 0 aliphatic carbocycles. The summed E-state index contributed by atoms with van der Waals surface area (Å²) in [5.74, 6) is -0.940. The van der Waals surface area contributed by atoms with Gasteiger partial charge >= 0.3 is 12.1 Å². The Balaban J connectivity index is 2.09. The largest absolute Gasteiger partial charge is 0.465 e. The van der Waals surface area contributed by atoms with Crippen LogP contribution in [0.25, 0.3) is 0 Å². The number of halogens is 4. The molecule has 0 saturated carbocycles. The lowest BCUT2D eigenvalue weighted by molar-refractivity contribution is -0.142. The highest BCUT2D eigenvalue weighted by atomic mass is 35.5. The molecule has 9 heteroatoms. The second kappa shape index (κ2) is 6.59. The zero-order valence-corrected chi connectivity index (χ0v) is 14.1. The van der Waals surface area contributed by atoms with Gasteiger partial charge in [-0.1, -0.05) is 29.8 Å². The van der Waals surface area contributed by atoms with E-state index in [1.807, 2.05) is 0 Å². The molecule has 1 aromatic carbocycles. The van der Waals surface area contributed by atoms with E-state index in [-0.39, 0.29) is 12.4 Å². The number of aryl methyl sites for hydroxylation is 1. The van der Waals surface area contributed by atoms with Crippen molar-refractivity contribution in [1.29, 1.82) is 0 Å². The Morgan fingerprint density at radius 3 is 2.68 bits per heavy atom. The van der Waals surface area contributed by atoms with Crippen LogP contribution in [0.2, 0.25) is 5.02 Å². The fourth-order valence-corrected chi connectivity index (χ4v) is 3.12. The van der Waals surface area contributed by atoms with Gasteiger partial charge in [-0.15, -0.1) is 0 Å². The van der Waals surface area contributed by atoms with Gasteiger partial charge in [0, 0.05) is 24.7 Å². The maximum absolute atomic E-state index is 13.3. The Bertz CT molecular complexity index is 804. The fourth-order valence-electron chi connectivity index (χ4n) is 2.92. The third-order valence-corrected chi connectivity index (χ3v) is 4.37. The van der Waals surface area contributed by atoms with Crippen LogP contribution in [-0.2, 0) is 24.0 Å². The van der Waals surface area contributed by atoms with E-state index >= 15 is 0 Å². The van der Waals surface area contributed by atoms with Gasteiger partial charge in [0.2, 0.25) is 0 Å². The number of hydrogen-bond donors (Lipinski definition) is 0. The SMILES string of the molecule is COC(=O)c1c(C(F)(F)F)nn2c1N(Cc1ccccc1Cl)CCC2. The predicted molar refractivity (Wildman–Crippen MR) is 85.7 cm³/mol. The van der Waals surface area contributed by atoms with Crippen LogP contribution in [0, 0.1) is 0 Å². The Hall–Kier alpha value is -2.22. The number of rotatable bonds is 3. The maximum Gasteiger partial charge on any atom is 0.436 e. The molecule has 1 aliphatic heterocycles. The number of nitrogens with zero attached hydrogens (tertiary/aromatic N) is 3. The number of carbonyl (C=O) groups is 1. The Kier molecular flexibility index (Phi) is 4.64. The summed E-state index contributed by atoms with van der Waals surface area (Å²) in [6, 6.07) is 7.07. The molecule has 2 heterocycles. The average molecular weight is 374 g/mol. The predicted octanol–water partition coefficient (Wildman–Crippen LogP) is 3.75. The normalized spacial score (nSPS) is 14.4. The Morgan fingerprint density at radius 2 is 2.04 bits per heavy atom. The van der Waals surface area contributed by atoms with Gasteiger partial charge in [0.05, 0.1) is 7.11 Å². The molecule has 25 heavy (non-hydrogen) atoms. The molecule has 0 fully saturated rings. The van der Waals surface area contributed by atoms with Crippen LogP contribution < -0.4 is 4.90 Å². The highest BCUT2D eigenvalue weighted by molar-refractivity contribution is 6.31. The van der Waals surface area contributed by atoms with Crippen LogP contribution in [-0.4, -0.2) is 29.4 Å². The number of anilines is 1. The first-order chi connectivity index (χ1) is 11.8. The van der Waals surface area contributed by atoms with Crippen molar-refractivity contribution < 1.29 is 22.7 Å². The zero-order valence-electron chi connectivity index (χ0n) is 13.3. The lowest BCUT2D eigenvalue weighted by Crippen LogP contribution is -2.33. The third-order valence-electron chi connectivity index (χ3n) is 4.00. The van der Waals surface area contributed by atoms with E-state index in [9.17, 15) is 18.0 Å². The molecule has 0 atom stereocenters. The minimum atomic E-state index is -4.75. The summed E-state index contributed by atoms with van der Waals surface area (Å²) in [6.45, 7) is 1.05. The zero-order chi connectivity index (χ0) is 18.2. The van der Waals surface area contributed by atoms with Crippen molar-refractivity contribution in [2.45, 2.75) is 25.7 Å². The molecule has 0 unspecified atom stereocenters. The molecule has 1 aliphatic rings.